The molecule has 0 saturated heterocycles. The highest BCUT2D eigenvalue weighted by Gasteiger charge is 2.19. The molecule has 0 amide bonds. The van der Waals surface area contributed by atoms with Gasteiger partial charge < -0.3 is 5.11 Å². The minimum atomic E-state index is -1.09. The van der Waals surface area contributed by atoms with Crippen LogP contribution in [0.5, 0.6) is 0 Å². The van der Waals surface area contributed by atoms with Crippen LogP contribution in [0.2, 0.25) is 0 Å². The number of aliphatic hydroxyl groups excluding tert-OH is 1. The van der Waals surface area contributed by atoms with Gasteiger partial charge >= 0.3 is 0 Å². The Morgan fingerprint density at radius 2 is 1.94 bits per heavy atom. The van der Waals surface area contributed by atoms with Crippen molar-refractivity contribution in [2.75, 3.05) is 0 Å². The molecular weight excluding hydrogens is 258 g/mol. The molecule has 2 aromatic rings. The molecule has 0 saturated carbocycles. The summed E-state index contributed by atoms with van der Waals surface area (Å²) in [5.74, 6) is -1.42. The van der Waals surface area contributed by atoms with Gasteiger partial charge in [0.1, 0.15) is 17.7 Å². The molecule has 1 unspecified atom stereocenters. The van der Waals surface area contributed by atoms with Crippen LogP contribution < -0.4 is 0 Å². The number of benzene rings is 1. The Balaban J connectivity index is 2.34. The third kappa shape index (κ3) is 2.70. The molecule has 0 radical (unpaired) electrons. The van der Waals surface area contributed by atoms with Crippen LogP contribution >= 0.6 is 11.5 Å². The van der Waals surface area contributed by atoms with E-state index in [2.05, 4.69) is 9.59 Å². The maximum absolute atomic E-state index is 13.1. The van der Waals surface area contributed by atoms with Crippen LogP contribution in [-0.2, 0) is 6.42 Å². The first-order valence-electron chi connectivity index (χ1n) is 5.57. The first kappa shape index (κ1) is 13.0. The van der Waals surface area contributed by atoms with Crippen molar-refractivity contribution in [2.24, 2.45) is 0 Å². The minimum Gasteiger partial charge on any atom is -0.383 e. The topological polar surface area (TPSA) is 46.0 Å². The maximum Gasteiger partial charge on any atom is 0.126 e. The SMILES string of the molecule is CCCc1nnsc1C(O)c1cc(F)cc(F)c1. The summed E-state index contributed by atoms with van der Waals surface area (Å²) in [7, 11) is 0. The number of aliphatic hydroxyl groups is 1. The lowest BCUT2D eigenvalue weighted by molar-refractivity contribution is 0.221. The molecule has 0 aliphatic carbocycles. The molecule has 1 heterocycles. The smallest absolute Gasteiger partial charge is 0.126 e. The quantitative estimate of drug-likeness (QED) is 0.929. The van der Waals surface area contributed by atoms with E-state index in [0.29, 0.717) is 17.0 Å². The molecule has 18 heavy (non-hydrogen) atoms. The lowest BCUT2D eigenvalue weighted by Gasteiger charge is -2.10. The van der Waals surface area contributed by atoms with E-state index in [4.69, 9.17) is 0 Å². The molecular formula is C12H12F2N2OS. The fraction of sp³-hybridized carbons (Fsp3) is 0.333. The van der Waals surface area contributed by atoms with E-state index in [-0.39, 0.29) is 5.56 Å². The highest BCUT2D eigenvalue weighted by Crippen LogP contribution is 2.28. The van der Waals surface area contributed by atoms with Crippen LogP contribution in [0.15, 0.2) is 18.2 Å². The van der Waals surface area contributed by atoms with Crippen LogP contribution in [-0.4, -0.2) is 14.7 Å². The second-order valence-electron chi connectivity index (χ2n) is 3.94. The van der Waals surface area contributed by atoms with Gasteiger partial charge in [-0.25, -0.2) is 8.78 Å². The Bertz CT molecular complexity index is 524. The van der Waals surface area contributed by atoms with Crippen LogP contribution in [0.3, 0.4) is 0 Å². The highest BCUT2D eigenvalue weighted by molar-refractivity contribution is 7.05. The Hall–Kier alpha value is -1.40. The standard InChI is InChI=1S/C12H12F2N2OS/c1-2-3-10-12(18-16-15-10)11(17)7-4-8(13)6-9(14)5-7/h4-6,11,17H,2-3H2,1H3. The van der Waals surface area contributed by atoms with Gasteiger partial charge in [-0.2, -0.15) is 0 Å². The third-order valence-corrected chi connectivity index (χ3v) is 3.34. The number of rotatable bonds is 4. The Morgan fingerprint density at radius 1 is 1.28 bits per heavy atom. The van der Waals surface area contributed by atoms with Gasteiger partial charge in [0.05, 0.1) is 10.6 Å². The Labute approximate surface area is 107 Å². The van der Waals surface area contributed by atoms with Gasteiger partial charge in [0.2, 0.25) is 0 Å². The van der Waals surface area contributed by atoms with Crippen LogP contribution in [0, 0.1) is 11.6 Å². The third-order valence-electron chi connectivity index (χ3n) is 2.52. The average molecular weight is 270 g/mol. The van der Waals surface area contributed by atoms with Crippen LogP contribution in [0.1, 0.15) is 35.6 Å². The zero-order chi connectivity index (χ0) is 13.1. The van der Waals surface area contributed by atoms with Gasteiger partial charge in [-0.05, 0) is 35.6 Å². The molecule has 0 aliphatic rings. The summed E-state index contributed by atoms with van der Waals surface area (Å²) in [6.07, 6.45) is 0.459. The molecule has 1 atom stereocenters. The monoisotopic (exact) mass is 270 g/mol. The minimum absolute atomic E-state index is 0.177. The molecule has 96 valence electrons. The first-order chi connectivity index (χ1) is 8.61. The normalized spacial score (nSPS) is 12.7. The summed E-state index contributed by atoms with van der Waals surface area (Å²) >= 11 is 1.05. The number of hydrogen-bond acceptors (Lipinski definition) is 4. The van der Waals surface area contributed by atoms with Crippen LogP contribution in [0.25, 0.3) is 0 Å². The largest absolute Gasteiger partial charge is 0.383 e. The molecule has 1 N–H and O–H groups in total. The lowest BCUT2D eigenvalue weighted by atomic mass is 10.1. The van der Waals surface area contributed by atoms with Crippen molar-refractivity contribution in [2.45, 2.75) is 25.9 Å². The van der Waals surface area contributed by atoms with E-state index in [0.717, 1.165) is 36.2 Å². The zero-order valence-corrected chi connectivity index (χ0v) is 10.5. The van der Waals surface area contributed by atoms with Gasteiger partial charge in [0, 0.05) is 6.07 Å². The highest BCUT2D eigenvalue weighted by atomic mass is 32.1. The van der Waals surface area contributed by atoms with Gasteiger partial charge in [-0.1, -0.05) is 17.8 Å². The number of halogens is 2. The average Bonchev–Trinajstić information content (AvgIpc) is 2.75. The maximum atomic E-state index is 13.1. The van der Waals surface area contributed by atoms with E-state index < -0.39 is 17.7 Å². The fourth-order valence-corrected chi connectivity index (χ4v) is 2.43. The summed E-state index contributed by atoms with van der Waals surface area (Å²) < 4.78 is 30.0. The fourth-order valence-electron chi connectivity index (χ4n) is 1.72. The van der Waals surface area contributed by atoms with E-state index in [1.807, 2.05) is 6.92 Å². The molecule has 0 bridgehead atoms. The van der Waals surface area contributed by atoms with Crippen molar-refractivity contribution in [3.8, 4) is 0 Å². The van der Waals surface area contributed by atoms with Crippen molar-refractivity contribution < 1.29 is 13.9 Å². The molecule has 3 nitrogen and oxygen atoms in total. The van der Waals surface area contributed by atoms with Gasteiger partial charge in [0.25, 0.3) is 0 Å². The van der Waals surface area contributed by atoms with Crippen molar-refractivity contribution in [3.63, 3.8) is 0 Å². The van der Waals surface area contributed by atoms with Crippen molar-refractivity contribution in [3.05, 3.63) is 46.0 Å². The summed E-state index contributed by atoms with van der Waals surface area (Å²) in [6.45, 7) is 1.98. The van der Waals surface area contributed by atoms with Gasteiger partial charge in [-0.3, -0.25) is 0 Å². The molecule has 2 rings (SSSR count). The van der Waals surface area contributed by atoms with Gasteiger partial charge in [-0.15, -0.1) is 5.10 Å². The zero-order valence-electron chi connectivity index (χ0n) is 9.73. The number of nitrogens with zero attached hydrogens (tertiary/aromatic N) is 2. The van der Waals surface area contributed by atoms with Crippen molar-refractivity contribution in [1.29, 1.82) is 0 Å². The summed E-state index contributed by atoms with van der Waals surface area (Å²) in [4.78, 5) is 0.543. The number of aromatic nitrogens is 2. The molecule has 0 aliphatic heterocycles. The molecule has 1 aromatic carbocycles. The number of hydrogen-bond donors (Lipinski definition) is 1. The summed E-state index contributed by atoms with van der Waals surface area (Å²) in [6, 6.07) is 3.00. The van der Waals surface area contributed by atoms with Crippen molar-refractivity contribution >= 4 is 11.5 Å². The summed E-state index contributed by atoms with van der Waals surface area (Å²) in [5, 5.41) is 14.1. The predicted octanol–water partition coefficient (Wildman–Crippen LogP) is 2.85. The Morgan fingerprint density at radius 3 is 2.56 bits per heavy atom. The van der Waals surface area contributed by atoms with Gasteiger partial charge in [0.15, 0.2) is 0 Å². The molecule has 1 aromatic heterocycles. The first-order valence-corrected chi connectivity index (χ1v) is 6.34. The second kappa shape index (κ2) is 5.49. The Kier molecular flexibility index (Phi) is 3.98. The number of aryl methyl sites for hydroxylation is 1. The van der Waals surface area contributed by atoms with Crippen molar-refractivity contribution in [1.82, 2.24) is 9.59 Å². The lowest BCUT2D eigenvalue weighted by Crippen LogP contribution is -2.02. The molecule has 0 fully saturated rings. The predicted molar refractivity (Wildman–Crippen MR) is 64.3 cm³/mol. The van der Waals surface area contributed by atoms with E-state index >= 15 is 0 Å². The van der Waals surface area contributed by atoms with E-state index in [9.17, 15) is 13.9 Å². The second-order valence-corrected chi connectivity index (χ2v) is 4.72. The van der Waals surface area contributed by atoms with E-state index in [1.165, 1.54) is 0 Å². The van der Waals surface area contributed by atoms with Crippen LogP contribution in [0.4, 0.5) is 8.78 Å². The molecule has 0 spiro atoms. The van der Waals surface area contributed by atoms with E-state index in [1.54, 1.807) is 0 Å². The molecule has 6 heteroatoms. The summed E-state index contributed by atoms with van der Waals surface area (Å²) in [5.41, 5.74) is 0.857.